The molecule has 0 aromatic heterocycles. The van der Waals surface area contributed by atoms with Crippen LogP contribution in [0.15, 0.2) is 30.5 Å². The van der Waals surface area contributed by atoms with Crippen LogP contribution in [0.3, 0.4) is 0 Å². The molecule has 2 nitrogen and oxygen atoms in total. The topological polar surface area (TPSA) is 38.0 Å². The summed E-state index contributed by atoms with van der Waals surface area (Å²) in [6.45, 7) is 4.19. The lowest BCUT2D eigenvalue weighted by atomic mass is 10.0. The average Bonchev–Trinajstić information content (AvgIpc) is 2.18. The number of hydrazine groups is 1. The van der Waals surface area contributed by atoms with Crippen LogP contribution in [0, 0.1) is 0 Å². The Morgan fingerprint density at radius 3 is 2.92 bits per heavy atom. The Kier molecular flexibility index (Phi) is 3.53. The van der Waals surface area contributed by atoms with Gasteiger partial charge in [0.05, 0.1) is 0 Å². The van der Waals surface area contributed by atoms with Crippen LogP contribution in [0.5, 0.6) is 0 Å². The third-order valence-corrected chi connectivity index (χ3v) is 2.09. The average molecular weight is 176 g/mol. The minimum Gasteiger partial charge on any atom is -0.331 e. The number of hydrogen-bond acceptors (Lipinski definition) is 2. The van der Waals surface area contributed by atoms with E-state index in [1.54, 1.807) is 6.20 Å². The molecule has 1 aromatic carbocycles. The predicted molar refractivity (Wildman–Crippen MR) is 56.8 cm³/mol. The van der Waals surface area contributed by atoms with Crippen molar-refractivity contribution >= 4 is 5.57 Å². The van der Waals surface area contributed by atoms with Crippen molar-refractivity contribution < 1.29 is 0 Å². The molecule has 0 fully saturated rings. The Morgan fingerprint density at radius 1 is 1.54 bits per heavy atom. The van der Waals surface area contributed by atoms with E-state index < -0.39 is 0 Å². The maximum absolute atomic E-state index is 5.21. The summed E-state index contributed by atoms with van der Waals surface area (Å²) in [6, 6.07) is 8.47. The molecule has 0 aliphatic rings. The van der Waals surface area contributed by atoms with Crippen molar-refractivity contribution in [3.63, 3.8) is 0 Å². The molecule has 13 heavy (non-hydrogen) atoms. The molecule has 0 atom stereocenters. The van der Waals surface area contributed by atoms with Gasteiger partial charge in [0.15, 0.2) is 0 Å². The summed E-state index contributed by atoms with van der Waals surface area (Å²) in [5.74, 6) is 5.21. The number of nitrogens with one attached hydrogen (secondary N) is 1. The fraction of sp³-hybridized carbons (Fsp3) is 0.273. The third-order valence-electron chi connectivity index (χ3n) is 2.09. The van der Waals surface area contributed by atoms with Crippen molar-refractivity contribution in [2.45, 2.75) is 20.3 Å². The Hall–Kier alpha value is -1.28. The largest absolute Gasteiger partial charge is 0.331 e. The molecule has 0 aliphatic heterocycles. The molecule has 70 valence electrons. The Morgan fingerprint density at radius 2 is 2.31 bits per heavy atom. The summed E-state index contributed by atoms with van der Waals surface area (Å²) in [5, 5.41) is 0. The van der Waals surface area contributed by atoms with Crippen LogP contribution in [0.4, 0.5) is 0 Å². The van der Waals surface area contributed by atoms with Gasteiger partial charge in [-0.3, -0.25) is 5.84 Å². The molecular weight excluding hydrogens is 160 g/mol. The first kappa shape index (κ1) is 9.81. The number of benzene rings is 1. The summed E-state index contributed by atoms with van der Waals surface area (Å²) in [5.41, 5.74) is 6.26. The van der Waals surface area contributed by atoms with E-state index in [-0.39, 0.29) is 0 Å². The second-order valence-corrected chi connectivity index (χ2v) is 3.05. The van der Waals surface area contributed by atoms with E-state index in [1.807, 2.05) is 6.92 Å². The molecule has 1 aromatic rings. The molecule has 0 unspecified atom stereocenters. The second kappa shape index (κ2) is 4.67. The summed E-state index contributed by atoms with van der Waals surface area (Å²) in [4.78, 5) is 0. The maximum atomic E-state index is 5.21. The standard InChI is InChI=1S/C11H16N2/c1-3-10-5-4-6-11(7-10)9(2)8-13-12/h4-8,13H,3,12H2,1-2H3/b9-8+. The van der Waals surface area contributed by atoms with E-state index >= 15 is 0 Å². The number of rotatable bonds is 3. The lowest BCUT2D eigenvalue weighted by Gasteiger charge is -2.03. The molecule has 0 aliphatic carbocycles. The zero-order chi connectivity index (χ0) is 9.68. The van der Waals surface area contributed by atoms with Gasteiger partial charge in [-0.15, -0.1) is 0 Å². The summed E-state index contributed by atoms with van der Waals surface area (Å²) in [7, 11) is 0. The SMILES string of the molecule is CCc1cccc(/C(C)=C/NN)c1. The first-order valence-corrected chi connectivity index (χ1v) is 4.50. The van der Waals surface area contributed by atoms with Crippen LogP contribution in [0.25, 0.3) is 5.57 Å². The molecule has 1 rings (SSSR count). The van der Waals surface area contributed by atoms with Crippen LogP contribution in [-0.2, 0) is 6.42 Å². The summed E-state index contributed by atoms with van der Waals surface area (Å²) in [6.07, 6.45) is 2.87. The fourth-order valence-corrected chi connectivity index (χ4v) is 1.24. The van der Waals surface area contributed by atoms with Gasteiger partial charge >= 0.3 is 0 Å². The molecule has 0 radical (unpaired) electrons. The smallest absolute Gasteiger partial charge is 0.0158 e. The third kappa shape index (κ3) is 2.60. The number of allylic oxidation sites excluding steroid dienone is 1. The van der Waals surface area contributed by atoms with Crippen LogP contribution >= 0.6 is 0 Å². The first-order chi connectivity index (χ1) is 6.27. The molecule has 0 saturated carbocycles. The molecular formula is C11H16N2. The van der Waals surface area contributed by atoms with Crippen LogP contribution in [0.2, 0.25) is 0 Å². The number of hydrogen-bond donors (Lipinski definition) is 2. The van der Waals surface area contributed by atoms with Crippen LogP contribution in [0.1, 0.15) is 25.0 Å². The molecule has 0 heterocycles. The Balaban J connectivity index is 2.94. The summed E-state index contributed by atoms with van der Waals surface area (Å²) >= 11 is 0. The van der Waals surface area contributed by atoms with Gasteiger partial charge in [-0.25, -0.2) is 0 Å². The van der Waals surface area contributed by atoms with E-state index in [0.717, 1.165) is 12.0 Å². The van der Waals surface area contributed by atoms with Crippen molar-refractivity contribution in [3.05, 3.63) is 41.6 Å². The minimum absolute atomic E-state index is 1.07. The molecule has 0 saturated heterocycles. The van der Waals surface area contributed by atoms with Gasteiger partial charge in [-0.2, -0.15) is 0 Å². The Labute approximate surface area is 79.4 Å². The van der Waals surface area contributed by atoms with E-state index in [0.29, 0.717) is 0 Å². The van der Waals surface area contributed by atoms with E-state index in [9.17, 15) is 0 Å². The molecule has 2 heteroatoms. The van der Waals surface area contributed by atoms with Crippen molar-refractivity contribution in [1.82, 2.24) is 5.43 Å². The van der Waals surface area contributed by atoms with Crippen LogP contribution in [-0.4, -0.2) is 0 Å². The Bertz CT molecular complexity index is 303. The second-order valence-electron chi connectivity index (χ2n) is 3.05. The van der Waals surface area contributed by atoms with Gasteiger partial charge < -0.3 is 5.43 Å². The monoisotopic (exact) mass is 176 g/mol. The van der Waals surface area contributed by atoms with Gasteiger partial charge in [-0.1, -0.05) is 31.2 Å². The summed E-state index contributed by atoms with van der Waals surface area (Å²) < 4.78 is 0. The predicted octanol–water partition coefficient (Wildman–Crippen LogP) is 2.07. The highest BCUT2D eigenvalue weighted by Crippen LogP contribution is 2.14. The van der Waals surface area contributed by atoms with E-state index in [4.69, 9.17) is 5.84 Å². The zero-order valence-corrected chi connectivity index (χ0v) is 8.17. The van der Waals surface area contributed by atoms with Gasteiger partial charge in [0, 0.05) is 6.20 Å². The highest BCUT2D eigenvalue weighted by Gasteiger charge is 1.95. The van der Waals surface area contributed by atoms with Crippen molar-refractivity contribution in [2.75, 3.05) is 0 Å². The molecule has 0 spiro atoms. The maximum Gasteiger partial charge on any atom is 0.0158 e. The highest BCUT2D eigenvalue weighted by molar-refractivity contribution is 5.63. The highest BCUT2D eigenvalue weighted by atomic mass is 15.2. The van der Waals surface area contributed by atoms with Crippen molar-refractivity contribution in [2.24, 2.45) is 5.84 Å². The van der Waals surface area contributed by atoms with E-state index in [2.05, 4.69) is 36.6 Å². The van der Waals surface area contributed by atoms with Crippen molar-refractivity contribution in [3.8, 4) is 0 Å². The number of aryl methyl sites for hydroxylation is 1. The molecule has 3 N–H and O–H groups in total. The first-order valence-electron chi connectivity index (χ1n) is 4.50. The van der Waals surface area contributed by atoms with Gasteiger partial charge in [0.2, 0.25) is 0 Å². The zero-order valence-electron chi connectivity index (χ0n) is 8.17. The minimum atomic E-state index is 1.07. The van der Waals surface area contributed by atoms with Crippen LogP contribution < -0.4 is 11.3 Å². The normalized spacial score (nSPS) is 11.5. The molecule has 0 amide bonds. The van der Waals surface area contributed by atoms with Gasteiger partial charge in [0.1, 0.15) is 0 Å². The fourth-order valence-electron chi connectivity index (χ4n) is 1.24. The van der Waals surface area contributed by atoms with Gasteiger partial charge in [-0.05, 0) is 30.0 Å². The quantitative estimate of drug-likeness (QED) is 0.546. The lowest BCUT2D eigenvalue weighted by molar-refractivity contribution is 0.968. The number of nitrogens with two attached hydrogens (primary N) is 1. The van der Waals surface area contributed by atoms with Crippen molar-refractivity contribution in [1.29, 1.82) is 0 Å². The lowest BCUT2D eigenvalue weighted by Crippen LogP contribution is -2.13. The van der Waals surface area contributed by atoms with E-state index in [1.165, 1.54) is 11.1 Å². The molecule has 0 bridgehead atoms. The van der Waals surface area contributed by atoms with Gasteiger partial charge in [0.25, 0.3) is 0 Å².